The Hall–Kier alpha value is -3.20. The molecule has 9 heteroatoms. The van der Waals surface area contributed by atoms with Crippen molar-refractivity contribution in [2.45, 2.75) is 4.90 Å². The lowest BCUT2D eigenvalue weighted by molar-refractivity contribution is -0.385. The Bertz CT molecular complexity index is 955. The van der Waals surface area contributed by atoms with Crippen molar-refractivity contribution in [1.29, 1.82) is 0 Å². The van der Waals surface area contributed by atoms with Gasteiger partial charge in [-0.15, -0.1) is 6.58 Å². The van der Waals surface area contributed by atoms with Gasteiger partial charge in [0.05, 0.1) is 34.7 Å². The molecule has 0 N–H and O–H groups in total. The van der Waals surface area contributed by atoms with Crippen molar-refractivity contribution in [3.05, 3.63) is 76.9 Å². The maximum absolute atomic E-state index is 13.1. The zero-order valence-corrected chi connectivity index (χ0v) is 14.7. The van der Waals surface area contributed by atoms with Crippen LogP contribution in [0.25, 0.3) is 0 Å². The van der Waals surface area contributed by atoms with E-state index in [0.717, 1.165) is 10.4 Å². The van der Waals surface area contributed by atoms with Gasteiger partial charge in [0.25, 0.3) is 15.7 Å². The molecule has 0 radical (unpaired) electrons. The highest BCUT2D eigenvalue weighted by atomic mass is 32.2. The van der Waals surface area contributed by atoms with E-state index in [2.05, 4.69) is 6.58 Å². The molecule has 0 aromatic heterocycles. The summed E-state index contributed by atoms with van der Waals surface area (Å²) in [5, 5.41) is 10.9. The van der Waals surface area contributed by atoms with Gasteiger partial charge in [-0.25, -0.2) is 13.2 Å². The monoisotopic (exact) mass is 376 g/mol. The lowest BCUT2D eigenvalue weighted by Gasteiger charge is -2.24. The molecule has 0 saturated heterocycles. The molecule has 0 saturated carbocycles. The van der Waals surface area contributed by atoms with Crippen LogP contribution in [0.1, 0.15) is 10.4 Å². The van der Waals surface area contributed by atoms with Crippen molar-refractivity contribution >= 4 is 27.4 Å². The average molecular weight is 376 g/mol. The summed E-state index contributed by atoms with van der Waals surface area (Å²) in [6.07, 6.45) is 1.35. The summed E-state index contributed by atoms with van der Waals surface area (Å²) >= 11 is 0. The summed E-state index contributed by atoms with van der Waals surface area (Å²) in [5.74, 6) is -0.705. The smallest absolute Gasteiger partial charge is 0.340 e. The third kappa shape index (κ3) is 3.72. The lowest BCUT2D eigenvalue weighted by Crippen LogP contribution is -2.32. The molecule has 2 aromatic carbocycles. The Morgan fingerprint density at radius 1 is 1.27 bits per heavy atom. The zero-order chi connectivity index (χ0) is 19.3. The minimum Gasteiger partial charge on any atom is -0.465 e. The Morgan fingerprint density at radius 2 is 1.96 bits per heavy atom. The number of methoxy groups -OCH3 is 1. The number of nitro benzene ring substituents is 1. The second kappa shape index (κ2) is 7.79. The molecule has 0 atom stereocenters. The van der Waals surface area contributed by atoms with Crippen molar-refractivity contribution in [2.75, 3.05) is 18.0 Å². The van der Waals surface area contributed by atoms with E-state index in [1.807, 2.05) is 0 Å². The fourth-order valence-corrected chi connectivity index (χ4v) is 3.80. The SMILES string of the molecule is C=CCN(c1ccccc1C(=O)OC)S(=O)(=O)c1cccc([N+](=O)[O-])c1. The number of rotatable bonds is 7. The zero-order valence-electron chi connectivity index (χ0n) is 13.9. The first-order chi connectivity index (χ1) is 12.3. The quantitative estimate of drug-likeness (QED) is 0.318. The van der Waals surface area contributed by atoms with Gasteiger partial charge in [-0.05, 0) is 18.2 Å². The van der Waals surface area contributed by atoms with E-state index in [4.69, 9.17) is 4.74 Å². The number of hydrogen-bond acceptors (Lipinski definition) is 6. The number of nitrogens with zero attached hydrogens (tertiary/aromatic N) is 2. The van der Waals surface area contributed by atoms with Gasteiger partial charge in [0.2, 0.25) is 0 Å². The molecular weight excluding hydrogens is 360 g/mol. The normalized spacial score (nSPS) is 10.8. The number of sulfonamides is 1. The van der Waals surface area contributed by atoms with Gasteiger partial charge in [0.1, 0.15) is 0 Å². The van der Waals surface area contributed by atoms with Gasteiger partial charge in [-0.2, -0.15) is 0 Å². The summed E-state index contributed by atoms with van der Waals surface area (Å²) < 4.78 is 31.8. The number of anilines is 1. The topological polar surface area (TPSA) is 107 Å². The minimum absolute atomic E-state index is 0.0471. The lowest BCUT2D eigenvalue weighted by atomic mass is 10.2. The summed E-state index contributed by atoms with van der Waals surface area (Å²) in [4.78, 5) is 22.0. The van der Waals surface area contributed by atoms with Gasteiger partial charge in [0.15, 0.2) is 0 Å². The molecule has 0 bridgehead atoms. The number of benzene rings is 2. The highest BCUT2D eigenvalue weighted by Crippen LogP contribution is 2.29. The van der Waals surface area contributed by atoms with E-state index in [0.29, 0.717) is 0 Å². The van der Waals surface area contributed by atoms with Crippen molar-refractivity contribution in [2.24, 2.45) is 0 Å². The van der Waals surface area contributed by atoms with Crippen LogP contribution in [0.3, 0.4) is 0 Å². The second-order valence-electron chi connectivity index (χ2n) is 5.09. The third-order valence-corrected chi connectivity index (χ3v) is 5.27. The Labute approximate surface area is 150 Å². The van der Waals surface area contributed by atoms with Crippen LogP contribution in [-0.2, 0) is 14.8 Å². The number of esters is 1. The van der Waals surface area contributed by atoms with Crippen LogP contribution >= 0.6 is 0 Å². The Balaban J connectivity index is 2.64. The average Bonchev–Trinajstić information content (AvgIpc) is 2.65. The highest BCUT2D eigenvalue weighted by molar-refractivity contribution is 7.92. The largest absolute Gasteiger partial charge is 0.465 e. The van der Waals surface area contributed by atoms with Crippen LogP contribution in [0, 0.1) is 10.1 Å². The first-order valence-corrected chi connectivity index (χ1v) is 8.82. The van der Waals surface area contributed by atoms with E-state index in [1.54, 1.807) is 12.1 Å². The van der Waals surface area contributed by atoms with Crippen molar-refractivity contribution < 1.29 is 22.9 Å². The summed E-state index contributed by atoms with van der Waals surface area (Å²) in [6, 6.07) is 10.7. The van der Waals surface area contributed by atoms with E-state index in [1.165, 1.54) is 43.5 Å². The molecular formula is C17H16N2O6S. The fraction of sp³-hybridized carbons (Fsp3) is 0.118. The molecule has 2 aromatic rings. The molecule has 0 unspecified atom stereocenters. The fourth-order valence-electron chi connectivity index (χ4n) is 2.30. The Kier molecular flexibility index (Phi) is 5.73. The van der Waals surface area contributed by atoms with Crippen LogP contribution < -0.4 is 4.31 Å². The minimum atomic E-state index is -4.19. The molecule has 0 aliphatic rings. The molecule has 136 valence electrons. The molecule has 0 aliphatic carbocycles. The van der Waals surface area contributed by atoms with Crippen LogP contribution in [0.4, 0.5) is 11.4 Å². The van der Waals surface area contributed by atoms with E-state index in [-0.39, 0.29) is 28.4 Å². The van der Waals surface area contributed by atoms with Gasteiger partial charge in [0, 0.05) is 12.1 Å². The van der Waals surface area contributed by atoms with Gasteiger partial charge >= 0.3 is 5.97 Å². The van der Waals surface area contributed by atoms with E-state index in [9.17, 15) is 23.3 Å². The molecule has 0 fully saturated rings. The van der Waals surface area contributed by atoms with Crippen molar-refractivity contribution in [3.8, 4) is 0 Å². The molecule has 0 spiro atoms. The molecule has 2 rings (SSSR count). The van der Waals surface area contributed by atoms with E-state index >= 15 is 0 Å². The first-order valence-electron chi connectivity index (χ1n) is 7.38. The van der Waals surface area contributed by atoms with Crippen LogP contribution in [0.15, 0.2) is 66.1 Å². The van der Waals surface area contributed by atoms with Gasteiger partial charge < -0.3 is 4.74 Å². The Morgan fingerprint density at radius 3 is 2.58 bits per heavy atom. The summed E-state index contributed by atoms with van der Waals surface area (Å²) in [5.41, 5.74) is -0.220. The first kappa shape index (κ1) is 19.1. The summed E-state index contributed by atoms with van der Waals surface area (Å²) in [6.45, 7) is 3.40. The summed E-state index contributed by atoms with van der Waals surface area (Å²) in [7, 11) is -3.00. The van der Waals surface area contributed by atoms with Crippen LogP contribution in [0.2, 0.25) is 0 Å². The number of nitro groups is 1. The maximum atomic E-state index is 13.1. The van der Waals surface area contributed by atoms with Crippen molar-refractivity contribution in [1.82, 2.24) is 0 Å². The highest BCUT2D eigenvalue weighted by Gasteiger charge is 2.28. The second-order valence-corrected chi connectivity index (χ2v) is 6.95. The predicted octanol–water partition coefficient (Wildman–Crippen LogP) is 2.76. The molecule has 0 aliphatic heterocycles. The standard InChI is InChI=1S/C17H16N2O6S/c1-3-11-18(16-10-5-4-9-15(16)17(20)25-2)26(23,24)14-8-6-7-13(12-14)19(21)22/h3-10,12H,1,11H2,2H3. The third-order valence-electron chi connectivity index (χ3n) is 3.49. The molecule has 8 nitrogen and oxygen atoms in total. The predicted molar refractivity (Wildman–Crippen MR) is 95.6 cm³/mol. The number of carbonyl (C=O) groups is 1. The molecule has 0 amide bonds. The number of carbonyl (C=O) groups excluding carboxylic acids is 1. The van der Waals surface area contributed by atoms with E-state index < -0.39 is 20.9 Å². The number of non-ortho nitro benzene ring substituents is 1. The van der Waals surface area contributed by atoms with Gasteiger partial charge in [-0.1, -0.05) is 24.3 Å². The van der Waals surface area contributed by atoms with Crippen LogP contribution in [0.5, 0.6) is 0 Å². The van der Waals surface area contributed by atoms with Crippen LogP contribution in [-0.4, -0.2) is 33.0 Å². The number of para-hydroxylation sites is 1. The number of ether oxygens (including phenoxy) is 1. The number of hydrogen-bond donors (Lipinski definition) is 0. The maximum Gasteiger partial charge on any atom is 0.340 e. The molecule has 0 heterocycles. The van der Waals surface area contributed by atoms with Gasteiger partial charge in [-0.3, -0.25) is 14.4 Å². The van der Waals surface area contributed by atoms with Crippen molar-refractivity contribution in [3.63, 3.8) is 0 Å². The molecule has 26 heavy (non-hydrogen) atoms.